The molecule has 0 unspecified atom stereocenters. The van der Waals surface area contributed by atoms with E-state index in [2.05, 4.69) is 10.3 Å². The maximum atomic E-state index is 11.6. The van der Waals surface area contributed by atoms with Gasteiger partial charge in [-0.15, -0.1) is 11.3 Å². The first-order valence-electron chi connectivity index (χ1n) is 5.00. The van der Waals surface area contributed by atoms with Crippen LogP contribution in [0.2, 0.25) is 0 Å². The number of hydrogen-bond acceptors (Lipinski definition) is 3. The fourth-order valence-corrected chi connectivity index (χ4v) is 2.16. The highest BCUT2D eigenvalue weighted by atomic mass is 32.1. The van der Waals surface area contributed by atoms with E-state index in [0.717, 1.165) is 10.6 Å². The lowest BCUT2D eigenvalue weighted by atomic mass is 10.4. The molecule has 0 saturated heterocycles. The van der Waals surface area contributed by atoms with Crippen molar-refractivity contribution in [3.05, 3.63) is 35.1 Å². The van der Waals surface area contributed by atoms with Crippen LogP contribution in [0.25, 0.3) is 0 Å². The smallest absolute Gasteiger partial charge is 0.246 e. The summed E-state index contributed by atoms with van der Waals surface area (Å²) in [5.41, 5.74) is 0.973. The van der Waals surface area contributed by atoms with Gasteiger partial charge >= 0.3 is 0 Å². The average Bonchev–Trinajstić information content (AvgIpc) is 2.78. The molecule has 0 fully saturated rings. The van der Waals surface area contributed by atoms with Gasteiger partial charge in [0, 0.05) is 17.3 Å². The van der Waals surface area contributed by atoms with Gasteiger partial charge in [-0.3, -0.25) is 4.79 Å². The molecule has 0 aliphatic rings. The largest absolute Gasteiger partial charge is 0.345 e. The maximum absolute atomic E-state index is 11.6. The van der Waals surface area contributed by atoms with Gasteiger partial charge in [-0.1, -0.05) is 0 Å². The average molecular weight is 235 g/mol. The standard InChI is InChI=1S/C11H13N3OS/c1-8-9(2)16-11(12-8)13-10(15)7-14-5-3-4-6-14/h3-6H,7H2,1-2H3,(H,12,13,15). The second-order valence-corrected chi connectivity index (χ2v) is 4.77. The summed E-state index contributed by atoms with van der Waals surface area (Å²) in [5, 5.41) is 3.46. The van der Waals surface area contributed by atoms with Crippen LogP contribution in [-0.2, 0) is 11.3 Å². The first kappa shape index (κ1) is 10.9. The van der Waals surface area contributed by atoms with Gasteiger partial charge in [0.1, 0.15) is 6.54 Å². The monoisotopic (exact) mass is 235 g/mol. The van der Waals surface area contributed by atoms with Gasteiger partial charge in [-0.05, 0) is 26.0 Å². The van der Waals surface area contributed by atoms with Gasteiger partial charge in [0.2, 0.25) is 5.91 Å². The molecule has 2 heterocycles. The maximum Gasteiger partial charge on any atom is 0.246 e. The van der Waals surface area contributed by atoms with Crippen LogP contribution in [0.3, 0.4) is 0 Å². The number of amides is 1. The Hall–Kier alpha value is -1.62. The van der Waals surface area contributed by atoms with E-state index in [4.69, 9.17) is 0 Å². The summed E-state index contributed by atoms with van der Waals surface area (Å²) >= 11 is 1.50. The van der Waals surface area contributed by atoms with Crippen molar-refractivity contribution < 1.29 is 4.79 Å². The number of carbonyl (C=O) groups is 1. The lowest BCUT2D eigenvalue weighted by Gasteiger charge is -2.02. The lowest BCUT2D eigenvalue weighted by Crippen LogP contribution is -2.17. The van der Waals surface area contributed by atoms with Crippen molar-refractivity contribution in [2.24, 2.45) is 0 Å². The van der Waals surface area contributed by atoms with E-state index in [-0.39, 0.29) is 5.91 Å². The molecule has 1 N–H and O–H groups in total. The Kier molecular flexibility index (Phi) is 3.05. The third kappa shape index (κ3) is 2.49. The van der Waals surface area contributed by atoms with Crippen LogP contribution in [0.4, 0.5) is 5.13 Å². The summed E-state index contributed by atoms with van der Waals surface area (Å²) in [5.74, 6) is -0.0510. The van der Waals surface area contributed by atoms with Crippen LogP contribution in [0.5, 0.6) is 0 Å². The van der Waals surface area contributed by atoms with E-state index in [1.807, 2.05) is 42.9 Å². The van der Waals surface area contributed by atoms with E-state index in [1.54, 1.807) is 0 Å². The normalized spacial score (nSPS) is 10.4. The second-order valence-electron chi connectivity index (χ2n) is 3.56. The van der Waals surface area contributed by atoms with Gasteiger partial charge in [0.15, 0.2) is 5.13 Å². The highest BCUT2D eigenvalue weighted by Gasteiger charge is 2.07. The third-order valence-electron chi connectivity index (χ3n) is 2.27. The van der Waals surface area contributed by atoms with Crippen molar-refractivity contribution in [1.29, 1.82) is 0 Å². The van der Waals surface area contributed by atoms with Crippen LogP contribution < -0.4 is 5.32 Å². The van der Waals surface area contributed by atoms with Crippen molar-refractivity contribution in [2.45, 2.75) is 20.4 Å². The lowest BCUT2D eigenvalue weighted by molar-refractivity contribution is -0.116. The summed E-state index contributed by atoms with van der Waals surface area (Å²) in [4.78, 5) is 17.0. The molecule has 84 valence electrons. The zero-order valence-electron chi connectivity index (χ0n) is 9.23. The number of hydrogen-bond donors (Lipinski definition) is 1. The summed E-state index contributed by atoms with van der Waals surface area (Å²) in [6.45, 7) is 4.26. The first-order chi connectivity index (χ1) is 7.65. The molecule has 2 aromatic rings. The van der Waals surface area contributed by atoms with Gasteiger partial charge in [0.05, 0.1) is 5.69 Å². The number of aryl methyl sites for hydroxylation is 2. The van der Waals surface area contributed by atoms with Gasteiger partial charge < -0.3 is 9.88 Å². The quantitative estimate of drug-likeness (QED) is 0.886. The van der Waals surface area contributed by atoms with Crippen LogP contribution in [0.15, 0.2) is 24.5 Å². The Morgan fingerprint density at radius 1 is 1.44 bits per heavy atom. The fraction of sp³-hybridized carbons (Fsp3) is 0.273. The van der Waals surface area contributed by atoms with Gasteiger partial charge in [0.25, 0.3) is 0 Å². The van der Waals surface area contributed by atoms with Crippen LogP contribution >= 0.6 is 11.3 Å². The summed E-state index contributed by atoms with van der Waals surface area (Å²) in [6.07, 6.45) is 3.72. The van der Waals surface area contributed by atoms with E-state index in [1.165, 1.54) is 11.3 Å². The SMILES string of the molecule is Cc1nc(NC(=O)Cn2cccc2)sc1C. The Morgan fingerprint density at radius 3 is 2.69 bits per heavy atom. The predicted molar refractivity (Wildman–Crippen MR) is 64.6 cm³/mol. The number of aromatic nitrogens is 2. The summed E-state index contributed by atoms with van der Waals surface area (Å²) < 4.78 is 1.82. The number of anilines is 1. The van der Waals surface area contributed by atoms with E-state index in [0.29, 0.717) is 11.7 Å². The van der Waals surface area contributed by atoms with Crippen molar-refractivity contribution in [2.75, 3.05) is 5.32 Å². The highest BCUT2D eigenvalue weighted by molar-refractivity contribution is 7.15. The molecule has 0 aliphatic heterocycles. The summed E-state index contributed by atoms with van der Waals surface area (Å²) in [7, 11) is 0. The third-order valence-corrected chi connectivity index (χ3v) is 3.26. The van der Waals surface area contributed by atoms with Crippen molar-refractivity contribution in [3.63, 3.8) is 0 Å². The molecule has 5 heteroatoms. The number of carbonyl (C=O) groups excluding carboxylic acids is 1. The Morgan fingerprint density at radius 2 is 2.12 bits per heavy atom. The Balaban J connectivity index is 1.97. The van der Waals surface area contributed by atoms with Crippen LogP contribution in [0.1, 0.15) is 10.6 Å². The molecule has 2 rings (SSSR count). The Labute approximate surface area is 97.9 Å². The molecule has 4 nitrogen and oxygen atoms in total. The molecule has 1 amide bonds. The van der Waals surface area contributed by atoms with E-state index in [9.17, 15) is 4.79 Å². The molecule has 0 bridgehead atoms. The molecule has 0 aromatic carbocycles. The number of nitrogens with one attached hydrogen (secondary N) is 1. The predicted octanol–water partition coefficient (Wildman–Crippen LogP) is 2.20. The molecular weight excluding hydrogens is 222 g/mol. The first-order valence-corrected chi connectivity index (χ1v) is 5.81. The molecule has 2 aromatic heterocycles. The minimum absolute atomic E-state index is 0.0510. The molecule has 0 spiro atoms. The van der Waals surface area contributed by atoms with E-state index >= 15 is 0 Å². The van der Waals surface area contributed by atoms with Crippen LogP contribution in [0, 0.1) is 13.8 Å². The fourth-order valence-electron chi connectivity index (χ4n) is 1.33. The zero-order chi connectivity index (χ0) is 11.5. The Bertz CT molecular complexity index is 468. The summed E-state index contributed by atoms with van der Waals surface area (Å²) in [6, 6.07) is 3.79. The topological polar surface area (TPSA) is 46.9 Å². The molecule has 16 heavy (non-hydrogen) atoms. The minimum Gasteiger partial charge on any atom is -0.345 e. The number of nitrogens with zero attached hydrogens (tertiary/aromatic N) is 2. The van der Waals surface area contributed by atoms with Crippen molar-refractivity contribution in [1.82, 2.24) is 9.55 Å². The van der Waals surface area contributed by atoms with Crippen molar-refractivity contribution in [3.8, 4) is 0 Å². The van der Waals surface area contributed by atoms with Crippen molar-refractivity contribution >= 4 is 22.4 Å². The van der Waals surface area contributed by atoms with Crippen LogP contribution in [-0.4, -0.2) is 15.5 Å². The molecule has 0 aliphatic carbocycles. The molecular formula is C11H13N3OS. The molecule has 0 atom stereocenters. The number of rotatable bonds is 3. The van der Waals surface area contributed by atoms with Gasteiger partial charge in [-0.25, -0.2) is 4.98 Å². The minimum atomic E-state index is -0.0510. The number of thiazole rings is 1. The molecule has 0 saturated carbocycles. The highest BCUT2D eigenvalue weighted by Crippen LogP contribution is 2.20. The van der Waals surface area contributed by atoms with E-state index < -0.39 is 0 Å². The van der Waals surface area contributed by atoms with Gasteiger partial charge in [-0.2, -0.15) is 0 Å². The molecule has 0 radical (unpaired) electrons. The zero-order valence-corrected chi connectivity index (χ0v) is 10.0. The second kappa shape index (κ2) is 4.49.